The number of nitrogens with zero attached hydrogens (tertiary/aromatic N) is 1. The van der Waals surface area contributed by atoms with Gasteiger partial charge in [0, 0.05) is 28.7 Å². The Morgan fingerprint density at radius 2 is 2.04 bits per heavy atom. The van der Waals surface area contributed by atoms with Gasteiger partial charge in [-0.15, -0.1) is 11.8 Å². The SMILES string of the molecule is O=C1CCSc2ccc(C(=O)N3C(C(=O)O)CC4CCCCC43)cc2N1. The van der Waals surface area contributed by atoms with E-state index in [1.54, 1.807) is 28.8 Å². The van der Waals surface area contributed by atoms with Crippen molar-refractivity contribution in [2.45, 2.75) is 55.5 Å². The molecular weight excluding hydrogens is 352 g/mol. The monoisotopic (exact) mass is 374 g/mol. The average molecular weight is 374 g/mol. The van der Waals surface area contributed by atoms with Crippen LogP contribution in [0.4, 0.5) is 5.69 Å². The molecule has 26 heavy (non-hydrogen) atoms. The van der Waals surface area contributed by atoms with E-state index in [0.717, 1.165) is 30.6 Å². The molecule has 0 aromatic heterocycles. The highest BCUT2D eigenvalue weighted by Crippen LogP contribution is 2.41. The third kappa shape index (κ3) is 3.09. The van der Waals surface area contributed by atoms with Crippen molar-refractivity contribution < 1.29 is 19.5 Å². The zero-order chi connectivity index (χ0) is 18.3. The minimum Gasteiger partial charge on any atom is -0.480 e. The van der Waals surface area contributed by atoms with Gasteiger partial charge in [-0.1, -0.05) is 12.8 Å². The van der Waals surface area contributed by atoms with Crippen molar-refractivity contribution in [2.24, 2.45) is 5.92 Å². The van der Waals surface area contributed by atoms with Crippen LogP contribution in [0.15, 0.2) is 23.1 Å². The molecule has 3 aliphatic rings. The highest BCUT2D eigenvalue weighted by atomic mass is 32.2. The van der Waals surface area contributed by atoms with E-state index in [0.29, 0.717) is 29.8 Å². The summed E-state index contributed by atoms with van der Waals surface area (Å²) in [6, 6.07) is 4.56. The summed E-state index contributed by atoms with van der Waals surface area (Å²) in [5.74, 6) is -0.226. The number of anilines is 1. The lowest BCUT2D eigenvalue weighted by molar-refractivity contribution is -0.141. The first-order valence-corrected chi connectivity index (χ1v) is 10.2. The predicted octanol–water partition coefficient (Wildman–Crippen LogP) is 2.98. The third-order valence-corrected chi connectivity index (χ3v) is 6.77. The van der Waals surface area contributed by atoms with Gasteiger partial charge in [0.15, 0.2) is 0 Å². The number of thioether (sulfide) groups is 1. The topological polar surface area (TPSA) is 86.7 Å². The smallest absolute Gasteiger partial charge is 0.326 e. The molecule has 138 valence electrons. The van der Waals surface area contributed by atoms with Crippen LogP contribution in [0.2, 0.25) is 0 Å². The summed E-state index contributed by atoms with van der Waals surface area (Å²) < 4.78 is 0. The number of likely N-dealkylation sites (tertiary alicyclic amines) is 1. The number of nitrogens with one attached hydrogen (secondary N) is 1. The van der Waals surface area contributed by atoms with Crippen LogP contribution in [0.1, 0.15) is 48.9 Å². The first kappa shape index (κ1) is 17.4. The van der Waals surface area contributed by atoms with Gasteiger partial charge in [0.1, 0.15) is 6.04 Å². The number of aliphatic carboxylic acids is 1. The molecule has 6 nitrogen and oxygen atoms in total. The number of rotatable bonds is 2. The second kappa shape index (κ2) is 6.95. The molecule has 0 radical (unpaired) electrons. The summed E-state index contributed by atoms with van der Waals surface area (Å²) in [7, 11) is 0. The summed E-state index contributed by atoms with van der Waals surface area (Å²) in [6.45, 7) is 0. The number of carbonyl (C=O) groups is 3. The van der Waals surface area contributed by atoms with Crippen LogP contribution < -0.4 is 5.32 Å². The maximum absolute atomic E-state index is 13.2. The van der Waals surface area contributed by atoms with Crippen molar-refractivity contribution in [3.05, 3.63) is 23.8 Å². The molecule has 1 aromatic rings. The molecular formula is C19H22N2O4S. The zero-order valence-electron chi connectivity index (χ0n) is 14.4. The summed E-state index contributed by atoms with van der Waals surface area (Å²) in [6.07, 6.45) is 5.00. The molecule has 2 heterocycles. The summed E-state index contributed by atoms with van der Waals surface area (Å²) in [5, 5.41) is 12.5. The maximum atomic E-state index is 13.2. The largest absolute Gasteiger partial charge is 0.480 e. The maximum Gasteiger partial charge on any atom is 0.326 e. The van der Waals surface area contributed by atoms with E-state index in [1.807, 2.05) is 6.07 Å². The van der Waals surface area contributed by atoms with Crippen molar-refractivity contribution in [1.29, 1.82) is 0 Å². The van der Waals surface area contributed by atoms with Gasteiger partial charge in [-0.3, -0.25) is 9.59 Å². The Morgan fingerprint density at radius 1 is 1.23 bits per heavy atom. The fourth-order valence-electron chi connectivity index (χ4n) is 4.47. The number of carbonyl (C=O) groups excluding carboxylic acids is 2. The van der Waals surface area contributed by atoms with E-state index in [9.17, 15) is 19.5 Å². The number of carboxylic acid groups (broad SMARTS) is 1. The molecule has 0 spiro atoms. The molecule has 7 heteroatoms. The number of fused-ring (bicyclic) bond motifs is 2. The Balaban J connectivity index is 1.65. The lowest BCUT2D eigenvalue weighted by Crippen LogP contribution is -2.46. The van der Waals surface area contributed by atoms with E-state index in [2.05, 4.69) is 5.32 Å². The first-order chi connectivity index (χ1) is 12.5. The van der Waals surface area contributed by atoms with Gasteiger partial charge in [-0.2, -0.15) is 0 Å². The highest BCUT2D eigenvalue weighted by Gasteiger charge is 2.47. The van der Waals surface area contributed by atoms with Gasteiger partial charge in [0.2, 0.25) is 5.91 Å². The summed E-state index contributed by atoms with van der Waals surface area (Å²) in [4.78, 5) is 39.3. The van der Waals surface area contributed by atoms with E-state index in [-0.39, 0.29) is 23.8 Å². The number of benzene rings is 1. The van der Waals surface area contributed by atoms with Gasteiger partial charge in [0.25, 0.3) is 5.91 Å². The second-order valence-electron chi connectivity index (χ2n) is 7.27. The number of carboxylic acids is 1. The molecule has 2 fully saturated rings. The van der Waals surface area contributed by atoms with Crippen LogP contribution in [0.5, 0.6) is 0 Å². The fraction of sp³-hybridized carbons (Fsp3) is 0.526. The summed E-state index contributed by atoms with van der Waals surface area (Å²) in [5.41, 5.74) is 1.10. The molecule has 4 rings (SSSR count). The Bertz CT molecular complexity index is 766. The minimum absolute atomic E-state index is 0.0140. The quantitative estimate of drug-likeness (QED) is 0.831. The normalized spacial score (nSPS) is 27.9. The van der Waals surface area contributed by atoms with E-state index >= 15 is 0 Å². The molecule has 3 atom stereocenters. The third-order valence-electron chi connectivity index (χ3n) is 5.69. The lowest BCUT2D eigenvalue weighted by atomic mass is 9.84. The lowest BCUT2D eigenvalue weighted by Gasteiger charge is -2.33. The molecule has 1 saturated carbocycles. The van der Waals surface area contributed by atoms with Crippen molar-refractivity contribution >= 4 is 35.2 Å². The van der Waals surface area contributed by atoms with Gasteiger partial charge in [-0.25, -0.2) is 4.79 Å². The van der Waals surface area contributed by atoms with Gasteiger partial charge >= 0.3 is 5.97 Å². The van der Waals surface area contributed by atoms with E-state index in [4.69, 9.17) is 0 Å². The molecule has 2 aliphatic heterocycles. The molecule has 2 amide bonds. The molecule has 1 saturated heterocycles. The minimum atomic E-state index is -0.925. The van der Waals surface area contributed by atoms with Crippen LogP contribution in [0, 0.1) is 5.92 Å². The van der Waals surface area contributed by atoms with Crippen molar-refractivity contribution in [2.75, 3.05) is 11.1 Å². The Kier molecular flexibility index (Phi) is 4.65. The molecule has 1 aromatic carbocycles. The molecule has 2 N–H and O–H groups in total. The predicted molar refractivity (Wildman–Crippen MR) is 98.4 cm³/mol. The van der Waals surface area contributed by atoms with Crippen molar-refractivity contribution in [3.8, 4) is 0 Å². The number of hydrogen-bond donors (Lipinski definition) is 2. The van der Waals surface area contributed by atoms with Crippen LogP contribution >= 0.6 is 11.8 Å². The van der Waals surface area contributed by atoms with Crippen LogP contribution in [0.3, 0.4) is 0 Å². The molecule has 0 bridgehead atoms. The van der Waals surface area contributed by atoms with Crippen LogP contribution in [-0.2, 0) is 9.59 Å². The summed E-state index contributed by atoms with van der Waals surface area (Å²) >= 11 is 1.59. The Morgan fingerprint density at radius 3 is 2.85 bits per heavy atom. The van der Waals surface area contributed by atoms with Gasteiger partial charge in [-0.05, 0) is 43.4 Å². The number of amides is 2. The van der Waals surface area contributed by atoms with E-state index in [1.165, 1.54) is 0 Å². The highest BCUT2D eigenvalue weighted by molar-refractivity contribution is 7.99. The molecule has 1 aliphatic carbocycles. The average Bonchev–Trinajstić information content (AvgIpc) is 2.91. The van der Waals surface area contributed by atoms with Crippen LogP contribution in [0.25, 0.3) is 0 Å². The van der Waals surface area contributed by atoms with Crippen molar-refractivity contribution in [3.63, 3.8) is 0 Å². The van der Waals surface area contributed by atoms with Gasteiger partial charge < -0.3 is 15.3 Å². The van der Waals surface area contributed by atoms with Gasteiger partial charge in [0.05, 0.1) is 5.69 Å². The molecule has 3 unspecified atom stereocenters. The zero-order valence-corrected chi connectivity index (χ0v) is 15.3. The fourth-order valence-corrected chi connectivity index (χ4v) is 5.41. The Labute approximate surface area is 156 Å². The first-order valence-electron chi connectivity index (χ1n) is 9.17. The second-order valence-corrected chi connectivity index (χ2v) is 8.41. The standard InChI is InChI=1S/C19H22N2O4S/c22-17-7-8-26-16-6-5-12(9-13(16)20-17)18(23)21-14-4-2-1-3-11(14)10-15(21)19(24)25/h5-6,9,11,14-15H,1-4,7-8,10H2,(H,20,22)(H,24,25). The van der Waals surface area contributed by atoms with Crippen LogP contribution in [-0.4, -0.2) is 45.6 Å². The Hall–Kier alpha value is -2.02. The van der Waals surface area contributed by atoms with Crippen molar-refractivity contribution in [1.82, 2.24) is 4.90 Å². The van der Waals surface area contributed by atoms with E-state index < -0.39 is 12.0 Å². The number of hydrogen-bond acceptors (Lipinski definition) is 4.